The van der Waals surface area contributed by atoms with Crippen LogP contribution in [-0.4, -0.2) is 26.8 Å². The Kier molecular flexibility index (Phi) is 7.44. The molecule has 4 rings (SSSR count). The summed E-state index contributed by atoms with van der Waals surface area (Å²) in [5, 5.41) is 12.2. The Morgan fingerprint density at radius 1 is 0.829 bits per heavy atom. The van der Waals surface area contributed by atoms with Crippen molar-refractivity contribution in [3.63, 3.8) is 0 Å². The molecule has 0 saturated heterocycles. The lowest BCUT2D eigenvalue weighted by atomic mass is 9.86. The first-order valence-corrected chi connectivity index (χ1v) is 12.8. The van der Waals surface area contributed by atoms with E-state index in [2.05, 4.69) is 35.9 Å². The van der Waals surface area contributed by atoms with Crippen LogP contribution < -0.4 is 0 Å². The minimum absolute atomic E-state index is 0.0683. The summed E-state index contributed by atoms with van der Waals surface area (Å²) in [7, 11) is 0. The van der Waals surface area contributed by atoms with E-state index in [1.54, 1.807) is 0 Å². The number of aliphatic carboxylic acids is 1. The van der Waals surface area contributed by atoms with E-state index in [1.807, 2.05) is 38.1 Å². The molecule has 5 heteroatoms. The number of carboxylic acid groups (broad SMARTS) is 1. The molecule has 0 amide bonds. The van der Waals surface area contributed by atoms with E-state index in [0.29, 0.717) is 5.56 Å². The molecule has 2 aromatic carbocycles. The maximum Gasteiger partial charge on any atom is 0.311 e. The number of carbonyl (C=O) groups excluding carboxylic acids is 1. The molecule has 4 aromatic rings. The second-order valence-electron chi connectivity index (χ2n) is 9.69. The zero-order valence-corrected chi connectivity index (χ0v) is 21.3. The average Bonchev–Trinajstić information content (AvgIpc) is 3.35. The highest BCUT2D eigenvalue weighted by Crippen LogP contribution is 2.36. The highest BCUT2D eigenvalue weighted by Gasteiger charge is 2.31. The van der Waals surface area contributed by atoms with Gasteiger partial charge in [0, 0.05) is 45.2 Å². The summed E-state index contributed by atoms with van der Waals surface area (Å²) in [5.74, 6) is -1.99. The van der Waals surface area contributed by atoms with Gasteiger partial charge in [-0.2, -0.15) is 0 Å². The third-order valence-electron chi connectivity index (χ3n) is 7.16. The van der Waals surface area contributed by atoms with Crippen molar-refractivity contribution in [1.82, 2.24) is 9.97 Å². The largest absolute Gasteiger partial charge is 0.481 e. The number of hydrogen-bond acceptors (Lipinski definition) is 2. The number of Topliss-reactive ketones (excluding diaryl/α,β-unsaturated/α-hetero) is 1. The lowest BCUT2D eigenvalue weighted by Crippen LogP contribution is -2.18. The molecule has 0 fully saturated rings. The summed E-state index contributed by atoms with van der Waals surface area (Å²) >= 11 is 0. The highest BCUT2D eigenvalue weighted by atomic mass is 16.4. The van der Waals surface area contributed by atoms with Gasteiger partial charge in [0.25, 0.3) is 0 Å². The van der Waals surface area contributed by atoms with Gasteiger partial charge >= 0.3 is 5.97 Å². The van der Waals surface area contributed by atoms with E-state index in [4.69, 9.17) is 0 Å². The normalized spacial score (nSPS) is 12.5. The van der Waals surface area contributed by atoms with E-state index in [1.165, 1.54) is 0 Å². The highest BCUT2D eigenvalue weighted by molar-refractivity contribution is 6.11. The molecule has 0 radical (unpaired) electrons. The van der Waals surface area contributed by atoms with E-state index < -0.39 is 11.9 Å². The standard InChI is InChI=1S/C30H36N2O3/c1-5-7-11-20-13-9-15-23-28(20)26(18(3)31-23)22(30(34)35)17-25(33)27-19(4)32-24-16-10-14-21(29(24)27)12-8-6-2/h9-10,13-16,22,31-32H,5-8,11-12,17H2,1-4H3,(H,34,35). The van der Waals surface area contributed by atoms with Crippen LogP contribution in [0.2, 0.25) is 0 Å². The first-order chi connectivity index (χ1) is 16.9. The quantitative estimate of drug-likeness (QED) is 0.199. The Labute approximate surface area is 206 Å². The Morgan fingerprint density at radius 3 is 1.94 bits per heavy atom. The van der Waals surface area contributed by atoms with Crippen LogP contribution in [0.3, 0.4) is 0 Å². The molecule has 35 heavy (non-hydrogen) atoms. The molecule has 5 nitrogen and oxygen atoms in total. The van der Waals surface area contributed by atoms with Crippen LogP contribution >= 0.6 is 0 Å². The van der Waals surface area contributed by atoms with E-state index in [0.717, 1.165) is 88.4 Å². The number of carbonyl (C=O) groups is 2. The van der Waals surface area contributed by atoms with Gasteiger partial charge in [-0.1, -0.05) is 51.0 Å². The number of H-pyrrole nitrogens is 2. The van der Waals surface area contributed by atoms with E-state index in [9.17, 15) is 14.7 Å². The van der Waals surface area contributed by atoms with Gasteiger partial charge in [0.05, 0.1) is 5.92 Å². The number of aromatic nitrogens is 2. The minimum Gasteiger partial charge on any atom is -0.481 e. The lowest BCUT2D eigenvalue weighted by molar-refractivity contribution is -0.138. The molecule has 1 unspecified atom stereocenters. The minimum atomic E-state index is -0.962. The van der Waals surface area contributed by atoms with Crippen LogP contribution in [0.4, 0.5) is 0 Å². The van der Waals surface area contributed by atoms with E-state index >= 15 is 0 Å². The average molecular weight is 473 g/mol. The zero-order chi connectivity index (χ0) is 25.1. The SMILES string of the molecule is CCCCc1cccc2[nH]c(C)c(C(=O)CC(C(=O)O)c3c(C)[nH]c4cccc(CCCC)c34)c12. The molecule has 0 aliphatic carbocycles. The van der Waals surface area contributed by atoms with Gasteiger partial charge in [0.15, 0.2) is 5.78 Å². The number of nitrogens with one attached hydrogen (secondary N) is 2. The van der Waals surface area contributed by atoms with E-state index in [-0.39, 0.29) is 12.2 Å². The van der Waals surface area contributed by atoms with Crippen LogP contribution in [0, 0.1) is 13.8 Å². The summed E-state index contributed by atoms with van der Waals surface area (Å²) in [6.45, 7) is 8.14. The fourth-order valence-electron chi connectivity index (χ4n) is 5.47. The number of benzene rings is 2. The first kappa shape index (κ1) is 24.8. The van der Waals surface area contributed by atoms with Gasteiger partial charge < -0.3 is 15.1 Å². The topological polar surface area (TPSA) is 85.9 Å². The summed E-state index contributed by atoms with van der Waals surface area (Å²) in [6.07, 6.45) is 5.94. The number of carboxylic acids is 1. The third kappa shape index (κ3) is 4.77. The van der Waals surface area contributed by atoms with Gasteiger partial charge in [-0.25, -0.2) is 0 Å². The van der Waals surface area contributed by atoms with Crippen LogP contribution in [0.15, 0.2) is 36.4 Å². The molecule has 184 valence electrons. The van der Waals surface area contributed by atoms with Gasteiger partial charge in [0.2, 0.25) is 0 Å². The second-order valence-corrected chi connectivity index (χ2v) is 9.69. The molecule has 0 aliphatic rings. The Hall–Kier alpha value is -3.34. The molecule has 3 N–H and O–H groups in total. The van der Waals surface area contributed by atoms with Crippen LogP contribution in [0.25, 0.3) is 21.8 Å². The van der Waals surface area contributed by atoms with Gasteiger partial charge in [-0.3, -0.25) is 9.59 Å². The number of ketones is 1. The Balaban J connectivity index is 1.78. The molecule has 0 spiro atoms. The van der Waals surface area contributed by atoms with Crippen molar-refractivity contribution < 1.29 is 14.7 Å². The van der Waals surface area contributed by atoms with Crippen molar-refractivity contribution in [3.8, 4) is 0 Å². The molecule has 2 heterocycles. The number of hydrogen-bond donors (Lipinski definition) is 3. The monoisotopic (exact) mass is 472 g/mol. The van der Waals surface area contributed by atoms with Crippen molar-refractivity contribution in [1.29, 1.82) is 0 Å². The van der Waals surface area contributed by atoms with Gasteiger partial charge in [0.1, 0.15) is 0 Å². The lowest BCUT2D eigenvalue weighted by Gasteiger charge is -2.15. The third-order valence-corrected chi connectivity index (χ3v) is 7.16. The molecule has 0 aliphatic heterocycles. The molecular formula is C30H36N2O3. The van der Waals surface area contributed by atoms with Crippen molar-refractivity contribution in [3.05, 3.63) is 70.0 Å². The van der Waals surface area contributed by atoms with Crippen molar-refractivity contribution in [2.24, 2.45) is 0 Å². The van der Waals surface area contributed by atoms with Gasteiger partial charge in [-0.05, 0) is 68.4 Å². The number of aryl methyl sites for hydroxylation is 4. The number of rotatable bonds is 11. The number of fused-ring (bicyclic) bond motifs is 2. The molecular weight excluding hydrogens is 436 g/mol. The van der Waals surface area contributed by atoms with Crippen LogP contribution in [0.1, 0.15) is 90.3 Å². The zero-order valence-electron chi connectivity index (χ0n) is 21.3. The summed E-state index contributed by atoms with van der Waals surface area (Å²) in [6, 6.07) is 12.2. The predicted molar refractivity (Wildman–Crippen MR) is 143 cm³/mol. The Morgan fingerprint density at radius 2 is 1.37 bits per heavy atom. The van der Waals surface area contributed by atoms with Crippen molar-refractivity contribution in [2.45, 2.75) is 78.6 Å². The summed E-state index contributed by atoms with van der Waals surface area (Å²) in [5.41, 5.74) is 7.19. The first-order valence-electron chi connectivity index (χ1n) is 12.8. The number of unbranched alkanes of at least 4 members (excludes halogenated alkanes) is 2. The maximum atomic E-state index is 13.8. The van der Waals surface area contributed by atoms with Crippen molar-refractivity contribution in [2.75, 3.05) is 0 Å². The summed E-state index contributed by atoms with van der Waals surface area (Å²) < 4.78 is 0. The fraction of sp³-hybridized carbons (Fsp3) is 0.400. The molecule has 0 bridgehead atoms. The Bertz CT molecular complexity index is 1380. The van der Waals surface area contributed by atoms with Crippen molar-refractivity contribution >= 4 is 33.6 Å². The smallest absolute Gasteiger partial charge is 0.311 e. The van der Waals surface area contributed by atoms with Gasteiger partial charge in [-0.15, -0.1) is 0 Å². The molecule has 0 saturated carbocycles. The predicted octanol–water partition coefficient (Wildman–Crippen LogP) is 7.39. The maximum absolute atomic E-state index is 13.8. The van der Waals surface area contributed by atoms with Crippen LogP contribution in [-0.2, 0) is 17.6 Å². The van der Waals surface area contributed by atoms with Crippen LogP contribution in [0.5, 0.6) is 0 Å². The second kappa shape index (κ2) is 10.5. The molecule has 2 aromatic heterocycles. The number of aromatic amines is 2. The fourth-order valence-corrected chi connectivity index (χ4v) is 5.47. The summed E-state index contributed by atoms with van der Waals surface area (Å²) in [4.78, 5) is 33.1. The molecule has 1 atom stereocenters.